The molecule has 0 aromatic heterocycles. The second kappa shape index (κ2) is 9.11. The Morgan fingerprint density at radius 1 is 1.03 bits per heavy atom. The molecule has 4 rings (SSSR count). The summed E-state index contributed by atoms with van der Waals surface area (Å²) in [6.07, 6.45) is 2.09. The molecule has 1 amide bonds. The van der Waals surface area contributed by atoms with Crippen molar-refractivity contribution >= 4 is 6.09 Å². The molecule has 1 fully saturated rings. The minimum absolute atomic E-state index is 0.190. The van der Waals surface area contributed by atoms with E-state index in [1.807, 2.05) is 49.4 Å². The number of cyclic esters (lactones) is 1. The third-order valence-corrected chi connectivity index (χ3v) is 6.33. The summed E-state index contributed by atoms with van der Waals surface area (Å²) in [5, 5.41) is 0. The van der Waals surface area contributed by atoms with Crippen molar-refractivity contribution in [1.29, 1.82) is 0 Å². The van der Waals surface area contributed by atoms with Gasteiger partial charge in [0.15, 0.2) is 0 Å². The lowest BCUT2D eigenvalue weighted by atomic mass is 9.84. The quantitative estimate of drug-likeness (QED) is 0.409. The summed E-state index contributed by atoms with van der Waals surface area (Å²) in [6.45, 7) is 4.65. The number of hydrogen-bond acceptors (Lipinski definition) is 2. The van der Waals surface area contributed by atoms with E-state index in [0.29, 0.717) is 17.7 Å². The van der Waals surface area contributed by atoms with Crippen molar-refractivity contribution in [1.82, 2.24) is 4.90 Å². The molecular weight excluding hydrogens is 408 g/mol. The van der Waals surface area contributed by atoms with E-state index in [9.17, 15) is 13.6 Å². The molecule has 32 heavy (non-hydrogen) atoms. The lowest BCUT2D eigenvalue weighted by molar-refractivity contribution is -0.0658. The molecule has 3 aromatic rings. The second-order valence-electron chi connectivity index (χ2n) is 8.34. The van der Waals surface area contributed by atoms with Crippen molar-refractivity contribution in [3.8, 4) is 11.1 Å². The number of rotatable bonds is 6. The van der Waals surface area contributed by atoms with Gasteiger partial charge in [-0.15, -0.1) is 0 Å². The molecule has 1 aliphatic rings. The van der Waals surface area contributed by atoms with Crippen molar-refractivity contribution in [2.75, 3.05) is 6.54 Å². The van der Waals surface area contributed by atoms with Crippen LogP contribution in [0.4, 0.5) is 13.6 Å². The molecule has 0 saturated carbocycles. The number of ether oxygens (including phenoxy) is 1. The second-order valence-corrected chi connectivity index (χ2v) is 8.34. The molecule has 0 spiro atoms. The van der Waals surface area contributed by atoms with Crippen LogP contribution in [0.5, 0.6) is 0 Å². The maximum Gasteiger partial charge on any atom is 0.411 e. The average molecular weight is 436 g/mol. The monoisotopic (exact) mass is 435 g/mol. The summed E-state index contributed by atoms with van der Waals surface area (Å²) in [5.41, 5.74) is 2.37. The maximum atomic E-state index is 14.1. The van der Waals surface area contributed by atoms with Crippen LogP contribution in [0.15, 0.2) is 72.8 Å². The molecule has 166 valence electrons. The number of amides is 1. The summed E-state index contributed by atoms with van der Waals surface area (Å²) < 4.78 is 33.4. The fraction of sp³-hybridized carbons (Fsp3) is 0.296. The van der Waals surface area contributed by atoms with Gasteiger partial charge < -0.3 is 9.64 Å². The first-order chi connectivity index (χ1) is 15.4. The van der Waals surface area contributed by atoms with E-state index in [2.05, 4.69) is 6.92 Å². The number of hydrogen-bond donors (Lipinski definition) is 0. The van der Waals surface area contributed by atoms with Gasteiger partial charge in [-0.05, 0) is 42.2 Å². The zero-order chi connectivity index (χ0) is 22.7. The lowest BCUT2D eigenvalue weighted by Gasteiger charge is -2.43. The van der Waals surface area contributed by atoms with Crippen LogP contribution in [-0.2, 0) is 10.3 Å². The molecule has 1 heterocycles. The number of benzene rings is 3. The van der Waals surface area contributed by atoms with Crippen molar-refractivity contribution in [2.24, 2.45) is 0 Å². The van der Waals surface area contributed by atoms with Gasteiger partial charge in [-0.1, -0.05) is 67.9 Å². The van der Waals surface area contributed by atoms with Crippen LogP contribution in [0.1, 0.15) is 50.3 Å². The molecule has 0 bridgehead atoms. The van der Waals surface area contributed by atoms with Gasteiger partial charge in [0, 0.05) is 24.6 Å². The predicted molar refractivity (Wildman–Crippen MR) is 121 cm³/mol. The van der Waals surface area contributed by atoms with E-state index >= 15 is 0 Å². The highest BCUT2D eigenvalue weighted by atomic mass is 19.1. The predicted octanol–water partition coefficient (Wildman–Crippen LogP) is 7.23. The normalized spacial score (nSPS) is 19.5. The third kappa shape index (κ3) is 4.24. The number of halogens is 2. The van der Waals surface area contributed by atoms with E-state index in [-0.39, 0.29) is 12.1 Å². The van der Waals surface area contributed by atoms with E-state index in [0.717, 1.165) is 36.5 Å². The molecule has 3 nitrogen and oxygen atoms in total. The van der Waals surface area contributed by atoms with Gasteiger partial charge in [0.25, 0.3) is 0 Å². The lowest BCUT2D eigenvalue weighted by Crippen LogP contribution is -2.48. The minimum atomic E-state index is -0.602. The first-order valence-corrected chi connectivity index (χ1v) is 11.0. The van der Waals surface area contributed by atoms with Crippen molar-refractivity contribution in [3.05, 3.63) is 95.6 Å². The highest BCUT2D eigenvalue weighted by molar-refractivity contribution is 5.70. The van der Waals surface area contributed by atoms with Crippen LogP contribution < -0.4 is 0 Å². The van der Waals surface area contributed by atoms with Gasteiger partial charge >= 0.3 is 6.09 Å². The van der Waals surface area contributed by atoms with Gasteiger partial charge in [-0.2, -0.15) is 0 Å². The number of nitrogens with zero attached hydrogens (tertiary/aromatic N) is 1. The third-order valence-electron chi connectivity index (χ3n) is 6.33. The minimum Gasteiger partial charge on any atom is -0.438 e. The summed E-state index contributed by atoms with van der Waals surface area (Å²) in [7, 11) is 0. The van der Waals surface area contributed by atoms with Crippen molar-refractivity contribution in [2.45, 2.75) is 44.8 Å². The Labute approximate surface area is 187 Å². The van der Waals surface area contributed by atoms with Crippen molar-refractivity contribution in [3.63, 3.8) is 0 Å². The van der Waals surface area contributed by atoms with Gasteiger partial charge in [0.1, 0.15) is 17.2 Å². The summed E-state index contributed by atoms with van der Waals surface area (Å²) in [5.74, 6) is -1.20. The van der Waals surface area contributed by atoms with Crippen LogP contribution in [0.3, 0.4) is 0 Å². The van der Waals surface area contributed by atoms with Crippen LogP contribution in [0.25, 0.3) is 11.1 Å². The van der Waals surface area contributed by atoms with Crippen LogP contribution in [0.2, 0.25) is 0 Å². The van der Waals surface area contributed by atoms with E-state index in [1.54, 1.807) is 17.0 Å². The van der Waals surface area contributed by atoms with Gasteiger partial charge in [-0.25, -0.2) is 13.6 Å². The first kappa shape index (κ1) is 22.0. The van der Waals surface area contributed by atoms with Crippen LogP contribution in [-0.4, -0.2) is 17.5 Å². The Balaban J connectivity index is 1.52. The summed E-state index contributed by atoms with van der Waals surface area (Å²) in [4.78, 5) is 14.8. The zero-order valence-electron chi connectivity index (χ0n) is 18.4. The molecule has 0 aliphatic carbocycles. The molecular formula is C27H27F2NO2. The highest BCUT2D eigenvalue weighted by Crippen LogP contribution is 2.40. The Kier molecular flexibility index (Phi) is 6.26. The standard InChI is InChI=1S/C27H27F2NO2/c1-3-15-27(22-7-5-4-6-8-22)16-17-30(26(31)32-27)19(2)20-9-11-21(12-10-20)24-14-13-23(28)18-25(24)29/h4-14,18-19H,3,15-17H2,1-2H3/t19-,27?/m0/s1. The smallest absolute Gasteiger partial charge is 0.411 e. The Morgan fingerprint density at radius 3 is 2.38 bits per heavy atom. The van der Waals surface area contributed by atoms with Crippen LogP contribution >= 0.6 is 0 Å². The average Bonchev–Trinajstić information content (AvgIpc) is 2.80. The molecule has 5 heteroatoms. The van der Waals surface area contributed by atoms with Gasteiger partial charge in [0.2, 0.25) is 0 Å². The van der Waals surface area contributed by atoms with Gasteiger partial charge in [-0.3, -0.25) is 0 Å². The molecule has 1 aliphatic heterocycles. The Morgan fingerprint density at radius 2 is 1.75 bits per heavy atom. The molecule has 2 atom stereocenters. The first-order valence-electron chi connectivity index (χ1n) is 11.0. The topological polar surface area (TPSA) is 29.5 Å². The van der Waals surface area contributed by atoms with Crippen molar-refractivity contribution < 1.29 is 18.3 Å². The highest BCUT2D eigenvalue weighted by Gasteiger charge is 2.42. The van der Waals surface area contributed by atoms with Crippen LogP contribution in [0, 0.1) is 11.6 Å². The molecule has 3 aromatic carbocycles. The Hall–Kier alpha value is -3.21. The number of carbonyl (C=O) groups is 1. The number of carbonyl (C=O) groups excluding carboxylic acids is 1. The molecule has 1 saturated heterocycles. The fourth-order valence-corrected chi connectivity index (χ4v) is 4.53. The SMILES string of the molecule is CCCC1(c2ccccc2)CCN([C@@H](C)c2ccc(-c3ccc(F)cc3F)cc2)C(=O)O1. The molecule has 0 radical (unpaired) electrons. The maximum absolute atomic E-state index is 14.1. The zero-order valence-corrected chi connectivity index (χ0v) is 18.4. The van der Waals surface area contributed by atoms with E-state index in [4.69, 9.17) is 4.74 Å². The summed E-state index contributed by atoms with van der Waals surface area (Å²) >= 11 is 0. The van der Waals surface area contributed by atoms with E-state index in [1.165, 1.54) is 12.1 Å². The van der Waals surface area contributed by atoms with E-state index < -0.39 is 17.2 Å². The molecule has 0 N–H and O–H groups in total. The Bertz CT molecular complexity index is 1080. The fourth-order valence-electron chi connectivity index (χ4n) is 4.53. The summed E-state index contributed by atoms with van der Waals surface area (Å²) in [6, 6.07) is 20.7. The largest absolute Gasteiger partial charge is 0.438 e. The van der Waals surface area contributed by atoms with Gasteiger partial charge in [0.05, 0.1) is 6.04 Å². The molecule has 1 unspecified atom stereocenters.